The molecule has 0 amide bonds. The molecule has 3 rings (SSSR count). The lowest BCUT2D eigenvalue weighted by Crippen LogP contribution is -2.47. The van der Waals surface area contributed by atoms with Crippen molar-refractivity contribution >= 4 is 5.82 Å². The van der Waals surface area contributed by atoms with Crippen LogP contribution in [0.4, 0.5) is 19.0 Å². The molecule has 2 heterocycles. The first-order chi connectivity index (χ1) is 10.8. The van der Waals surface area contributed by atoms with Crippen molar-refractivity contribution in [2.45, 2.75) is 58.2 Å². The van der Waals surface area contributed by atoms with E-state index in [1.165, 1.54) is 0 Å². The standard InChI is InChI=1S/C17H24F3N3/c1-11-8-12(2)21-15(9-11)23-10-14(13-6-4-3-5-7-13)16(22-23)17(18,19)20/h8-9,13-14,16,22H,3-7,10H2,1-2H3. The van der Waals surface area contributed by atoms with E-state index in [9.17, 15) is 13.2 Å². The van der Waals surface area contributed by atoms with Gasteiger partial charge < -0.3 is 0 Å². The first kappa shape index (κ1) is 16.6. The van der Waals surface area contributed by atoms with Gasteiger partial charge in [0.2, 0.25) is 0 Å². The molecule has 1 N–H and O–H groups in total. The summed E-state index contributed by atoms with van der Waals surface area (Å²) in [5.74, 6) is 0.353. The van der Waals surface area contributed by atoms with E-state index in [2.05, 4.69) is 10.4 Å². The molecule has 1 saturated carbocycles. The fraction of sp³-hybridized carbons (Fsp3) is 0.706. The molecule has 0 bridgehead atoms. The minimum Gasteiger partial charge on any atom is -0.291 e. The number of nitrogens with one attached hydrogen (secondary N) is 1. The van der Waals surface area contributed by atoms with Gasteiger partial charge in [0.1, 0.15) is 11.9 Å². The monoisotopic (exact) mass is 327 g/mol. The van der Waals surface area contributed by atoms with Crippen LogP contribution >= 0.6 is 0 Å². The maximum Gasteiger partial charge on any atom is 0.405 e. The fourth-order valence-corrected chi connectivity index (χ4v) is 4.05. The van der Waals surface area contributed by atoms with Crippen LogP contribution in [0.3, 0.4) is 0 Å². The van der Waals surface area contributed by atoms with Gasteiger partial charge in [-0.1, -0.05) is 32.1 Å². The maximum atomic E-state index is 13.5. The van der Waals surface area contributed by atoms with Gasteiger partial charge in [-0.05, 0) is 37.5 Å². The third-order valence-electron chi connectivity index (χ3n) is 5.09. The van der Waals surface area contributed by atoms with E-state index >= 15 is 0 Å². The second-order valence-corrected chi connectivity index (χ2v) is 6.97. The van der Waals surface area contributed by atoms with Gasteiger partial charge in [0.25, 0.3) is 0 Å². The van der Waals surface area contributed by atoms with Crippen LogP contribution in [0.5, 0.6) is 0 Å². The van der Waals surface area contributed by atoms with Crippen LogP contribution in [0.2, 0.25) is 0 Å². The molecule has 2 atom stereocenters. The molecule has 23 heavy (non-hydrogen) atoms. The van der Waals surface area contributed by atoms with Crippen LogP contribution < -0.4 is 10.4 Å². The third-order valence-corrected chi connectivity index (χ3v) is 5.09. The van der Waals surface area contributed by atoms with Gasteiger partial charge in [-0.3, -0.25) is 5.01 Å². The Morgan fingerprint density at radius 2 is 1.83 bits per heavy atom. The molecule has 128 valence electrons. The predicted molar refractivity (Wildman–Crippen MR) is 84.1 cm³/mol. The maximum absolute atomic E-state index is 13.5. The number of hydrogen-bond acceptors (Lipinski definition) is 3. The van der Waals surface area contributed by atoms with Crippen LogP contribution in [0.1, 0.15) is 43.4 Å². The van der Waals surface area contributed by atoms with E-state index in [1.807, 2.05) is 26.0 Å². The smallest absolute Gasteiger partial charge is 0.291 e. The highest BCUT2D eigenvalue weighted by molar-refractivity contribution is 5.42. The number of nitrogens with zero attached hydrogens (tertiary/aromatic N) is 2. The average Bonchev–Trinajstić information content (AvgIpc) is 2.92. The largest absolute Gasteiger partial charge is 0.405 e. The van der Waals surface area contributed by atoms with Gasteiger partial charge in [-0.25, -0.2) is 10.4 Å². The number of aryl methyl sites for hydroxylation is 2. The molecule has 2 fully saturated rings. The summed E-state index contributed by atoms with van der Waals surface area (Å²) in [6.45, 7) is 4.19. The van der Waals surface area contributed by atoms with Crippen molar-refractivity contribution in [3.05, 3.63) is 23.4 Å². The summed E-state index contributed by atoms with van der Waals surface area (Å²) in [4.78, 5) is 4.41. The summed E-state index contributed by atoms with van der Waals surface area (Å²) < 4.78 is 40.5. The average molecular weight is 327 g/mol. The topological polar surface area (TPSA) is 28.2 Å². The highest BCUT2D eigenvalue weighted by atomic mass is 19.4. The Morgan fingerprint density at radius 3 is 2.43 bits per heavy atom. The van der Waals surface area contributed by atoms with Crippen LogP contribution in [-0.4, -0.2) is 23.7 Å². The van der Waals surface area contributed by atoms with Gasteiger partial charge in [0.15, 0.2) is 0 Å². The molecular weight excluding hydrogens is 303 g/mol. The van der Waals surface area contributed by atoms with Crippen molar-refractivity contribution in [3.8, 4) is 0 Å². The number of hydrazine groups is 1. The molecule has 3 nitrogen and oxygen atoms in total. The lowest BCUT2D eigenvalue weighted by Gasteiger charge is -2.30. The fourth-order valence-electron chi connectivity index (χ4n) is 4.05. The molecular formula is C17H24F3N3. The number of halogens is 3. The Balaban J connectivity index is 1.84. The van der Waals surface area contributed by atoms with Gasteiger partial charge in [0, 0.05) is 18.2 Å². The molecule has 2 unspecified atom stereocenters. The van der Waals surface area contributed by atoms with Crippen LogP contribution in [0.15, 0.2) is 12.1 Å². The first-order valence-electron chi connectivity index (χ1n) is 8.40. The molecule has 0 spiro atoms. The Labute approximate surface area is 135 Å². The van der Waals surface area contributed by atoms with Crippen molar-refractivity contribution in [2.24, 2.45) is 11.8 Å². The Hall–Kier alpha value is -1.30. The number of alkyl halides is 3. The van der Waals surface area contributed by atoms with Crippen molar-refractivity contribution in [1.29, 1.82) is 0 Å². The third kappa shape index (κ3) is 3.62. The molecule has 0 aromatic carbocycles. The van der Waals surface area contributed by atoms with E-state index in [1.54, 1.807) is 5.01 Å². The molecule has 1 aromatic rings. The van der Waals surface area contributed by atoms with Crippen molar-refractivity contribution in [1.82, 2.24) is 10.4 Å². The van der Waals surface area contributed by atoms with E-state index in [0.29, 0.717) is 12.4 Å². The highest BCUT2D eigenvalue weighted by Gasteiger charge is 2.52. The number of rotatable bonds is 2. The number of pyridine rings is 1. The summed E-state index contributed by atoms with van der Waals surface area (Å²) in [5, 5.41) is 1.61. The Bertz CT molecular complexity index is 532. The van der Waals surface area contributed by atoms with Gasteiger partial charge >= 0.3 is 6.18 Å². The molecule has 6 heteroatoms. The van der Waals surface area contributed by atoms with Crippen LogP contribution in [-0.2, 0) is 0 Å². The zero-order valence-electron chi connectivity index (χ0n) is 13.7. The Morgan fingerprint density at radius 1 is 1.13 bits per heavy atom. The molecule has 0 radical (unpaired) electrons. The summed E-state index contributed by atoms with van der Waals surface area (Å²) in [6, 6.07) is 2.31. The lowest BCUT2D eigenvalue weighted by molar-refractivity contribution is -0.165. The SMILES string of the molecule is Cc1cc(C)nc(N2CC(C3CCCCC3)C(C(F)(F)F)N2)c1. The van der Waals surface area contributed by atoms with Gasteiger partial charge in [-0.15, -0.1) is 0 Å². The van der Waals surface area contributed by atoms with Crippen molar-refractivity contribution in [3.63, 3.8) is 0 Å². The molecule has 1 aliphatic heterocycles. The summed E-state index contributed by atoms with van der Waals surface area (Å²) >= 11 is 0. The molecule has 1 saturated heterocycles. The second-order valence-electron chi connectivity index (χ2n) is 6.97. The first-order valence-corrected chi connectivity index (χ1v) is 8.40. The van der Waals surface area contributed by atoms with Gasteiger partial charge in [-0.2, -0.15) is 13.2 Å². The van der Waals surface area contributed by atoms with Crippen molar-refractivity contribution in [2.75, 3.05) is 11.6 Å². The molecule has 2 aliphatic rings. The molecule has 1 aromatic heterocycles. The minimum absolute atomic E-state index is 0.152. The lowest BCUT2D eigenvalue weighted by atomic mass is 9.77. The summed E-state index contributed by atoms with van der Waals surface area (Å²) in [5.41, 5.74) is 4.53. The van der Waals surface area contributed by atoms with E-state index in [4.69, 9.17) is 0 Å². The Kier molecular flexibility index (Phi) is 4.54. The van der Waals surface area contributed by atoms with Crippen LogP contribution in [0.25, 0.3) is 0 Å². The van der Waals surface area contributed by atoms with E-state index in [-0.39, 0.29) is 5.92 Å². The predicted octanol–water partition coefficient (Wildman–Crippen LogP) is 4.15. The number of anilines is 1. The minimum atomic E-state index is -4.23. The van der Waals surface area contributed by atoms with Crippen LogP contribution in [0, 0.1) is 25.7 Å². The summed E-state index contributed by atoms with van der Waals surface area (Å²) in [7, 11) is 0. The normalized spacial score (nSPS) is 26.7. The van der Waals surface area contributed by atoms with E-state index in [0.717, 1.165) is 43.4 Å². The molecule has 1 aliphatic carbocycles. The van der Waals surface area contributed by atoms with Gasteiger partial charge in [0.05, 0.1) is 0 Å². The summed E-state index contributed by atoms with van der Waals surface area (Å²) in [6.07, 6.45) is 0.840. The van der Waals surface area contributed by atoms with Crippen molar-refractivity contribution < 1.29 is 13.2 Å². The number of hydrogen-bond donors (Lipinski definition) is 1. The number of aromatic nitrogens is 1. The second kappa shape index (κ2) is 6.30. The zero-order chi connectivity index (χ0) is 16.6. The quantitative estimate of drug-likeness (QED) is 0.884. The zero-order valence-corrected chi connectivity index (χ0v) is 13.7. The highest BCUT2D eigenvalue weighted by Crippen LogP contribution is 2.40. The van der Waals surface area contributed by atoms with E-state index < -0.39 is 18.1 Å².